The second-order valence-electron chi connectivity index (χ2n) is 6.82. The number of amides is 1. The van der Waals surface area contributed by atoms with Gasteiger partial charge in [-0.1, -0.05) is 49.4 Å². The maximum atomic E-state index is 12.9. The Morgan fingerprint density at radius 2 is 1.52 bits per heavy atom. The fraction of sp³-hybridized carbons (Fsp3) is 0.250. The van der Waals surface area contributed by atoms with E-state index in [2.05, 4.69) is 36.2 Å². The molecule has 1 amide bonds. The Balaban J connectivity index is 0.00000300. The lowest BCUT2D eigenvalue weighted by atomic mass is 10.1. The SMILES string of the molecule is CCc1ccc(CN(CC)C(=O)c2ccc(-c3ccc(CN)cn3)cc2)cc1.Cl. The third-order valence-corrected chi connectivity index (χ3v) is 4.96. The first-order chi connectivity index (χ1) is 13.6. The number of hydrogen-bond acceptors (Lipinski definition) is 3. The summed E-state index contributed by atoms with van der Waals surface area (Å²) in [5, 5.41) is 0. The first-order valence-corrected chi connectivity index (χ1v) is 9.77. The molecule has 29 heavy (non-hydrogen) atoms. The maximum Gasteiger partial charge on any atom is 0.254 e. The number of hydrogen-bond donors (Lipinski definition) is 1. The van der Waals surface area contributed by atoms with Crippen molar-refractivity contribution < 1.29 is 4.79 Å². The molecule has 0 aliphatic rings. The largest absolute Gasteiger partial charge is 0.335 e. The van der Waals surface area contributed by atoms with Crippen LogP contribution in [0.1, 0.15) is 40.9 Å². The number of nitrogens with two attached hydrogens (primary N) is 1. The number of aromatic nitrogens is 1. The third kappa shape index (κ3) is 5.66. The quantitative estimate of drug-likeness (QED) is 0.606. The van der Waals surface area contributed by atoms with Crippen LogP contribution in [0, 0.1) is 0 Å². The van der Waals surface area contributed by atoms with Gasteiger partial charge < -0.3 is 10.6 Å². The molecule has 0 saturated heterocycles. The van der Waals surface area contributed by atoms with Crippen molar-refractivity contribution in [2.45, 2.75) is 33.4 Å². The van der Waals surface area contributed by atoms with Crippen molar-refractivity contribution in [2.24, 2.45) is 5.73 Å². The molecule has 0 saturated carbocycles. The smallest absolute Gasteiger partial charge is 0.254 e. The number of pyridine rings is 1. The number of halogens is 1. The van der Waals surface area contributed by atoms with Crippen molar-refractivity contribution in [1.82, 2.24) is 9.88 Å². The summed E-state index contributed by atoms with van der Waals surface area (Å²) in [6.07, 6.45) is 2.81. The average Bonchev–Trinajstić information content (AvgIpc) is 2.77. The van der Waals surface area contributed by atoms with Crippen molar-refractivity contribution in [3.05, 3.63) is 89.1 Å². The summed E-state index contributed by atoms with van der Waals surface area (Å²) in [4.78, 5) is 19.2. The Kier molecular flexibility index (Phi) is 8.37. The van der Waals surface area contributed by atoms with E-state index >= 15 is 0 Å². The first-order valence-electron chi connectivity index (χ1n) is 9.77. The molecule has 0 aliphatic heterocycles. The van der Waals surface area contributed by atoms with E-state index in [0.717, 1.165) is 28.8 Å². The zero-order valence-electron chi connectivity index (χ0n) is 17.0. The molecule has 2 N–H and O–H groups in total. The first kappa shape index (κ1) is 22.6. The van der Waals surface area contributed by atoms with Crippen LogP contribution in [0.5, 0.6) is 0 Å². The fourth-order valence-electron chi connectivity index (χ4n) is 3.11. The van der Waals surface area contributed by atoms with Crippen LogP contribution in [-0.4, -0.2) is 22.3 Å². The molecule has 0 atom stereocenters. The molecule has 0 bridgehead atoms. The zero-order chi connectivity index (χ0) is 19.9. The topological polar surface area (TPSA) is 59.2 Å². The van der Waals surface area contributed by atoms with Crippen LogP contribution >= 0.6 is 12.4 Å². The van der Waals surface area contributed by atoms with Crippen molar-refractivity contribution in [3.8, 4) is 11.3 Å². The fourth-order valence-corrected chi connectivity index (χ4v) is 3.11. The highest BCUT2D eigenvalue weighted by molar-refractivity contribution is 5.94. The van der Waals surface area contributed by atoms with E-state index in [1.165, 1.54) is 5.56 Å². The molecule has 1 heterocycles. The van der Waals surface area contributed by atoms with E-state index < -0.39 is 0 Å². The van der Waals surface area contributed by atoms with Crippen LogP contribution < -0.4 is 5.73 Å². The van der Waals surface area contributed by atoms with Gasteiger partial charge in [0, 0.05) is 37.0 Å². The zero-order valence-corrected chi connectivity index (χ0v) is 17.8. The molecule has 3 aromatic rings. The number of benzene rings is 2. The number of nitrogens with zero attached hydrogens (tertiary/aromatic N) is 2. The number of aryl methyl sites for hydroxylation is 1. The Morgan fingerprint density at radius 3 is 2.03 bits per heavy atom. The van der Waals surface area contributed by atoms with Crippen molar-refractivity contribution >= 4 is 18.3 Å². The van der Waals surface area contributed by atoms with Gasteiger partial charge in [-0.05, 0) is 48.2 Å². The van der Waals surface area contributed by atoms with Gasteiger partial charge in [0.2, 0.25) is 0 Å². The van der Waals surface area contributed by atoms with E-state index in [1.807, 2.05) is 48.2 Å². The summed E-state index contributed by atoms with van der Waals surface area (Å²) in [6.45, 7) is 5.91. The molecule has 0 unspecified atom stereocenters. The molecule has 4 nitrogen and oxygen atoms in total. The summed E-state index contributed by atoms with van der Waals surface area (Å²) in [5.41, 5.74) is 11.6. The van der Waals surface area contributed by atoms with Crippen LogP contribution in [0.15, 0.2) is 66.9 Å². The maximum absolute atomic E-state index is 12.9. The Hall–Kier alpha value is -2.69. The van der Waals surface area contributed by atoms with E-state index in [9.17, 15) is 4.79 Å². The van der Waals surface area contributed by atoms with E-state index in [0.29, 0.717) is 25.2 Å². The normalized spacial score (nSPS) is 10.3. The lowest BCUT2D eigenvalue weighted by molar-refractivity contribution is 0.0752. The van der Waals surface area contributed by atoms with Crippen molar-refractivity contribution in [2.75, 3.05) is 6.54 Å². The molecule has 3 rings (SSSR count). The predicted molar refractivity (Wildman–Crippen MR) is 121 cm³/mol. The van der Waals surface area contributed by atoms with Crippen LogP contribution in [0.2, 0.25) is 0 Å². The molecule has 0 aliphatic carbocycles. The molecule has 5 heteroatoms. The molecule has 2 aromatic carbocycles. The Morgan fingerprint density at radius 1 is 0.897 bits per heavy atom. The minimum absolute atomic E-state index is 0. The van der Waals surface area contributed by atoms with Gasteiger partial charge in [0.15, 0.2) is 0 Å². The van der Waals surface area contributed by atoms with Gasteiger partial charge in [-0.25, -0.2) is 0 Å². The second kappa shape index (κ2) is 10.7. The lowest BCUT2D eigenvalue weighted by Crippen LogP contribution is -2.30. The highest BCUT2D eigenvalue weighted by atomic mass is 35.5. The highest BCUT2D eigenvalue weighted by Gasteiger charge is 2.15. The molecule has 0 spiro atoms. The molecular formula is C24H28ClN3O. The summed E-state index contributed by atoms with van der Waals surface area (Å²) in [7, 11) is 0. The predicted octanol–water partition coefficient (Wildman–Crippen LogP) is 4.85. The van der Waals surface area contributed by atoms with E-state index in [-0.39, 0.29) is 18.3 Å². The van der Waals surface area contributed by atoms with Gasteiger partial charge in [0.05, 0.1) is 5.69 Å². The van der Waals surface area contributed by atoms with Crippen LogP contribution in [-0.2, 0) is 19.5 Å². The summed E-state index contributed by atoms with van der Waals surface area (Å²) in [6, 6.07) is 20.0. The van der Waals surface area contributed by atoms with Gasteiger partial charge in [-0.2, -0.15) is 0 Å². The molecular weight excluding hydrogens is 382 g/mol. The van der Waals surface area contributed by atoms with Crippen LogP contribution in [0.3, 0.4) is 0 Å². The van der Waals surface area contributed by atoms with Gasteiger partial charge in [0.25, 0.3) is 5.91 Å². The van der Waals surface area contributed by atoms with Crippen molar-refractivity contribution in [3.63, 3.8) is 0 Å². The molecule has 0 radical (unpaired) electrons. The second-order valence-corrected chi connectivity index (χ2v) is 6.82. The summed E-state index contributed by atoms with van der Waals surface area (Å²) in [5.74, 6) is 0.0417. The summed E-state index contributed by atoms with van der Waals surface area (Å²) < 4.78 is 0. The number of rotatable bonds is 7. The van der Waals surface area contributed by atoms with Gasteiger partial charge >= 0.3 is 0 Å². The number of carbonyl (C=O) groups excluding carboxylic acids is 1. The van der Waals surface area contributed by atoms with Gasteiger partial charge in [0.1, 0.15) is 0 Å². The monoisotopic (exact) mass is 409 g/mol. The number of carbonyl (C=O) groups is 1. The Bertz CT molecular complexity index is 906. The molecule has 0 fully saturated rings. The van der Waals surface area contributed by atoms with Crippen LogP contribution in [0.4, 0.5) is 0 Å². The highest BCUT2D eigenvalue weighted by Crippen LogP contribution is 2.19. The van der Waals surface area contributed by atoms with Crippen LogP contribution in [0.25, 0.3) is 11.3 Å². The van der Waals surface area contributed by atoms with E-state index in [1.54, 1.807) is 6.20 Å². The van der Waals surface area contributed by atoms with E-state index in [4.69, 9.17) is 5.73 Å². The Labute approximate surface area is 179 Å². The minimum Gasteiger partial charge on any atom is -0.335 e. The minimum atomic E-state index is 0. The van der Waals surface area contributed by atoms with Gasteiger partial charge in [-0.15, -0.1) is 12.4 Å². The van der Waals surface area contributed by atoms with Crippen molar-refractivity contribution in [1.29, 1.82) is 0 Å². The lowest BCUT2D eigenvalue weighted by Gasteiger charge is -2.21. The van der Waals surface area contributed by atoms with Gasteiger partial charge in [-0.3, -0.25) is 9.78 Å². The summed E-state index contributed by atoms with van der Waals surface area (Å²) >= 11 is 0. The average molecular weight is 410 g/mol. The molecule has 1 aromatic heterocycles. The standard InChI is InChI=1S/C24H27N3O.ClH/c1-3-18-5-7-19(8-6-18)17-27(4-2)24(28)22-12-10-21(11-13-22)23-14-9-20(15-25)16-26-23;/h5-14,16H,3-4,15,17,25H2,1-2H3;1H. The molecule has 152 valence electrons. The third-order valence-electron chi connectivity index (χ3n) is 4.96.